The van der Waals surface area contributed by atoms with Gasteiger partial charge in [-0.3, -0.25) is 0 Å². The van der Waals surface area contributed by atoms with Gasteiger partial charge in [0.25, 0.3) is 0 Å². The summed E-state index contributed by atoms with van der Waals surface area (Å²) in [5.41, 5.74) is 0. The molecule has 1 aliphatic heterocycles. The molecule has 0 fully saturated rings. The van der Waals surface area contributed by atoms with Gasteiger partial charge in [0.1, 0.15) is 6.61 Å². The van der Waals surface area contributed by atoms with E-state index in [1.54, 1.807) is 0 Å². The van der Waals surface area contributed by atoms with E-state index in [1.807, 2.05) is 0 Å². The molecule has 1 rings (SSSR count). The van der Waals surface area contributed by atoms with Crippen LogP contribution in [0.4, 0.5) is 0 Å². The van der Waals surface area contributed by atoms with Crippen molar-refractivity contribution >= 4 is 5.90 Å². The van der Waals surface area contributed by atoms with Gasteiger partial charge in [-0.1, -0.05) is 6.92 Å². The number of hydrogen-bond acceptors (Lipinski definition) is 2. The lowest BCUT2D eigenvalue weighted by atomic mass is 10.4. The third-order valence-electron chi connectivity index (χ3n) is 1.16. The number of rotatable bonds is 1. The van der Waals surface area contributed by atoms with Crippen LogP contribution >= 0.6 is 0 Å². The van der Waals surface area contributed by atoms with Crippen LogP contribution in [0.5, 0.6) is 0 Å². The topological polar surface area (TPSA) is 21.6 Å². The molecule has 2 heteroatoms. The zero-order valence-electron chi connectivity index (χ0n) is 5.35. The maximum Gasteiger partial charge on any atom is 0.183 e. The lowest BCUT2D eigenvalue weighted by Crippen LogP contribution is -1.98. The Morgan fingerprint density at radius 2 is 2.62 bits per heavy atom. The monoisotopic (exact) mass is 113 g/mol. The summed E-state index contributed by atoms with van der Waals surface area (Å²) in [6.45, 7) is 4.89. The van der Waals surface area contributed by atoms with Gasteiger partial charge in [-0.05, 0) is 6.92 Å². The van der Waals surface area contributed by atoms with Crippen molar-refractivity contribution in [2.45, 2.75) is 26.3 Å². The van der Waals surface area contributed by atoms with Crippen LogP contribution in [-0.2, 0) is 4.74 Å². The predicted molar refractivity (Wildman–Crippen MR) is 33.1 cm³/mol. The summed E-state index contributed by atoms with van der Waals surface area (Å²) in [7, 11) is 0. The van der Waals surface area contributed by atoms with Gasteiger partial charge in [-0.25, -0.2) is 4.99 Å². The van der Waals surface area contributed by atoms with E-state index in [1.165, 1.54) is 0 Å². The van der Waals surface area contributed by atoms with Gasteiger partial charge in [0.2, 0.25) is 0 Å². The minimum atomic E-state index is 0.393. The van der Waals surface area contributed by atoms with Gasteiger partial charge in [0.05, 0.1) is 6.04 Å². The van der Waals surface area contributed by atoms with E-state index in [4.69, 9.17) is 4.74 Å². The standard InChI is InChI=1S/C6H11NO/c1-3-6-7-5(2)4-8-6/h5H,3-4H2,1-2H3/t5-/m0/s1. The molecular weight excluding hydrogens is 102 g/mol. The third kappa shape index (κ3) is 0.997. The van der Waals surface area contributed by atoms with Gasteiger partial charge in [-0.2, -0.15) is 0 Å². The molecule has 0 aromatic heterocycles. The highest BCUT2D eigenvalue weighted by molar-refractivity contribution is 5.77. The van der Waals surface area contributed by atoms with Crippen LogP contribution in [0.15, 0.2) is 4.99 Å². The highest BCUT2D eigenvalue weighted by Crippen LogP contribution is 2.04. The molecule has 0 amide bonds. The van der Waals surface area contributed by atoms with Gasteiger partial charge in [0.15, 0.2) is 5.90 Å². The highest BCUT2D eigenvalue weighted by Gasteiger charge is 2.10. The smallest absolute Gasteiger partial charge is 0.183 e. The first-order valence-corrected chi connectivity index (χ1v) is 3.02. The molecule has 0 spiro atoms. The number of nitrogens with zero attached hydrogens (tertiary/aromatic N) is 1. The van der Waals surface area contributed by atoms with Crippen LogP contribution in [0.1, 0.15) is 20.3 Å². The molecule has 0 unspecified atom stereocenters. The van der Waals surface area contributed by atoms with E-state index >= 15 is 0 Å². The lowest BCUT2D eigenvalue weighted by Gasteiger charge is -1.93. The van der Waals surface area contributed by atoms with Crippen molar-refractivity contribution in [2.75, 3.05) is 6.61 Å². The Balaban J connectivity index is 2.44. The second-order valence-corrected chi connectivity index (χ2v) is 2.04. The number of hydrogen-bond donors (Lipinski definition) is 0. The summed E-state index contributed by atoms with van der Waals surface area (Å²) in [5.74, 6) is 0.914. The molecule has 0 aromatic carbocycles. The van der Waals surface area contributed by atoms with Gasteiger partial charge >= 0.3 is 0 Å². The summed E-state index contributed by atoms with van der Waals surface area (Å²) in [6.07, 6.45) is 0.935. The zero-order valence-corrected chi connectivity index (χ0v) is 5.35. The molecule has 2 nitrogen and oxygen atoms in total. The minimum Gasteiger partial charge on any atom is -0.479 e. The highest BCUT2D eigenvalue weighted by atomic mass is 16.5. The summed E-state index contributed by atoms with van der Waals surface area (Å²) in [6, 6.07) is 0.393. The average molecular weight is 113 g/mol. The van der Waals surface area contributed by atoms with E-state index < -0.39 is 0 Å². The Kier molecular flexibility index (Phi) is 1.51. The normalized spacial score (nSPS) is 27.2. The van der Waals surface area contributed by atoms with Crippen molar-refractivity contribution < 1.29 is 4.74 Å². The molecule has 8 heavy (non-hydrogen) atoms. The van der Waals surface area contributed by atoms with Crippen molar-refractivity contribution in [3.8, 4) is 0 Å². The summed E-state index contributed by atoms with van der Waals surface area (Å²) >= 11 is 0. The SMILES string of the molecule is CCC1=N[C@@H](C)CO1. The van der Waals surface area contributed by atoms with Crippen molar-refractivity contribution in [1.82, 2.24) is 0 Å². The Morgan fingerprint density at radius 1 is 1.88 bits per heavy atom. The van der Waals surface area contributed by atoms with Crippen LogP contribution in [0.2, 0.25) is 0 Å². The third-order valence-corrected chi connectivity index (χ3v) is 1.16. The Morgan fingerprint density at radius 3 is 2.88 bits per heavy atom. The molecule has 0 bridgehead atoms. The second-order valence-electron chi connectivity index (χ2n) is 2.04. The van der Waals surface area contributed by atoms with Crippen molar-refractivity contribution in [3.63, 3.8) is 0 Å². The van der Waals surface area contributed by atoms with Crippen LogP contribution < -0.4 is 0 Å². The van der Waals surface area contributed by atoms with Crippen LogP contribution in [-0.4, -0.2) is 18.5 Å². The zero-order chi connectivity index (χ0) is 5.98. The molecule has 0 saturated carbocycles. The van der Waals surface area contributed by atoms with Crippen LogP contribution in [0.25, 0.3) is 0 Å². The van der Waals surface area contributed by atoms with Crippen molar-refractivity contribution in [1.29, 1.82) is 0 Å². The average Bonchev–Trinajstić information content (AvgIpc) is 2.14. The lowest BCUT2D eigenvalue weighted by molar-refractivity contribution is 0.317. The minimum absolute atomic E-state index is 0.393. The Hall–Kier alpha value is -0.530. The van der Waals surface area contributed by atoms with E-state index in [9.17, 15) is 0 Å². The second kappa shape index (κ2) is 2.16. The molecule has 46 valence electrons. The molecule has 0 aromatic rings. The first-order chi connectivity index (χ1) is 3.83. The first-order valence-electron chi connectivity index (χ1n) is 3.02. The van der Waals surface area contributed by atoms with E-state index in [0.717, 1.165) is 18.9 Å². The summed E-state index contributed by atoms with van der Waals surface area (Å²) < 4.78 is 5.16. The number of aliphatic imine (C=N–C) groups is 1. The van der Waals surface area contributed by atoms with Crippen molar-refractivity contribution in [3.05, 3.63) is 0 Å². The maximum atomic E-state index is 5.16. The van der Waals surface area contributed by atoms with Gasteiger partial charge < -0.3 is 4.74 Å². The fourth-order valence-corrected chi connectivity index (χ4v) is 0.730. The van der Waals surface area contributed by atoms with E-state index in [0.29, 0.717) is 6.04 Å². The molecule has 1 atom stereocenters. The quantitative estimate of drug-likeness (QED) is 0.501. The summed E-state index contributed by atoms with van der Waals surface area (Å²) in [4.78, 5) is 4.20. The van der Waals surface area contributed by atoms with E-state index in [2.05, 4.69) is 18.8 Å². The van der Waals surface area contributed by atoms with Crippen LogP contribution in [0, 0.1) is 0 Å². The molecule has 1 heterocycles. The first kappa shape index (κ1) is 5.60. The predicted octanol–water partition coefficient (Wildman–Crippen LogP) is 1.21. The largest absolute Gasteiger partial charge is 0.479 e. The fourth-order valence-electron chi connectivity index (χ4n) is 0.730. The van der Waals surface area contributed by atoms with E-state index in [-0.39, 0.29) is 0 Å². The van der Waals surface area contributed by atoms with Crippen LogP contribution in [0.3, 0.4) is 0 Å². The molecule has 0 saturated heterocycles. The molecular formula is C6H11NO. The molecule has 1 aliphatic rings. The summed E-state index contributed by atoms with van der Waals surface area (Å²) in [5, 5.41) is 0. The molecule has 0 N–H and O–H groups in total. The molecule has 0 aliphatic carbocycles. The maximum absolute atomic E-state index is 5.16. The Labute approximate surface area is 49.6 Å². The Bertz CT molecular complexity index is 109. The fraction of sp³-hybridized carbons (Fsp3) is 0.833. The van der Waals surface area contributed by atoms with Gasteiger partial charge in [-0.15, -0.1) is 0 Å². The number of ether oxygens (including phenoxy) is 1. The van der Waals surface area contributed by atoms with Gasteiger partial charge in [0, 0.05) is 6.42 Å². The van der Waals surface area contributed by atoms with Crippen molar-refractivity contribution in [2.24, 2.45) is 4.99 Å². The molecule has 0 radical (unpaired) electrons.